The van der Waals surface area contributed by atoms with Crippen molar-refractivity contribution in [1.82, 2.24) is 9.55 Å². The largest absolute Gasteiger partial charge is 0.330 e. The second-order valence-corrected chi connectivity index (χ2v) is 5.62. The van der Waals surface area contributed by atoms with Crippen LogP contribution in [0.15, 0.2) is 43.0 Å². The summed E-state index contributed by atoms with van der Waals surface area (Å²) >= 11 is 0. The molecule has 1 fully saturated rings. The van der Waals surface area contributed by atoms with Crippen LogP contribution in [0.25, 0.3) is 0 Å². The Balaban J connectivity index is 0.00000161. The fourth-order valence-electron chi connectivity index (χ4n) is 3.01. The third-order valence-corrected chi connectivity index (χ3v) is 4.19. The van der Waals surface area contributed by atoms with Crippen LogP contribution in [0, 0.1) is 0 Å². The van der Waals surface area contributed by atoms with Crippen molar-refractivity contribution >= 4 is 18.2 Å². The second-order valence-electron chi connectivity index (χ2n) is 5.62. The van der Waals surface area contributed by atoms with E-state index in [-0.39, 0.29) is 18.2 Å². The molecule has 0 amide bonds. The number of benzene rings is 1. The molecule has 3 rings (SSSR count). The first-order valence-corrected chi connectivity index (χ1v) is 7.42. The molecule has 2 aromatic rings. The first kappa shape index (κ1) is 15.8. The highest BCUT2D eigenvalue weighted by molar-refractivity contribution is 5.95. The van der Waals surface area contributed by atoms with Gasteiger partial charge in [0, 0.05) is 18.0 Å². The lowest BCUT2D eigenvalue weighted by atomic mass is 9.84. The summed E-state index contributed by atoms with van der Waals surface area (Å²) in [5.41, 5.74) is 2.18. The van der Waals surface area contributed by atoms with Crippen molar-refractivity contribution in [2.24, 2.45) is 0 Å². The number of imidazole rings is 1. The van der Waals surface area contributed by atoms with E-state index >= 15 is 0 Å². The van der Waals surface area contributed by atoms with Crippen LogP contribution in [0.1, 0.15) is 53.9 Å². The summed E-state index contributed by atoms with van der Waals surface area (Å²) in [6.45, 7) is 0.364. The predicted molar refractivity (Wildman–Crippen MR) is 86.1 cm³/mol. The average molecular weight is 305 g/mol. The molecule has 0 spiro atoms. The molecule has 0 N–H and O–H groups in total. The van der Waals surface area contributed by atoms with Gasteiger partial charge >= 0.3 is 0 Å². The number of nitrogens with zero attached hydrogens (tertiary/aromatic N) is 2. The number of halogens is 1. The highest BCUT2D eigenvalue weighted by Crippen LogP contribution is 2.32. The summed E-state index contributed by atoms with van der Waals surface area (Å²) in [7, 11) is 0. The minimum Gasteiger partial charge on any atom is -0.330 e. The molecular weight excluding hydrogens is 284 g/mol. The van der Waals surface area contributed by atoms with Gasteiger partial charge in [0.05, 0.1) is 12.9 Å². The molecule has 0 unspecified atom stereocenters. The summed E-state index contributed by atoms with van der Waals surface area (Å²) in [4.78, 5) is 16.1. The normalized spacial score (nSPS) is 15.4. The monoisotopic (exact) mass is 304 g/mol. The molecule has 3 nitrogen and oxygen atoms in total. The lowest BCUT2D eigenvalue weighted by molar-refractivity contribution is 0.0972. The topological polar surface area (TPSA) is 34.9 Å². The SMILES string of the molecule is Cl.O=C(Cn1ccnc1)c1ccc(C2CCCCC2)cc1. The standard InChI is InChI=1S/C17H20N2O.ClH/c20-17(12-19-11-10-18-13-19)16-8-6-15(7-9-16)14-4-2-1-3-5-14;/h6-11,13-14H,1-5,12H2;1H. The maximum Gasteiger partial charge on any atom is 0.182 e. The molecule has 1 aromatic carbocycles. The Morgan fingerprint density at radius 1 is 1.14 bits per heavy atom. The molecule has 0 bridgehead atoms. The van der Waals surface area contributed by atoms with Crippen LogP contribution in [-0.4, -0.2) is 15.3 Å². The molecule has 0 atom stereocenters. The van der Waals surface area contributed by atoms with Gasteiger partial charge in [-0.25, -0.2) is 4.98 Å². The number of hydrogen-bond acceptors (Lipinski definition) is 2. The van der Waals surface area contributed by atoms with E-state index in [0.717, 1.165) is 5.56 Å². The summed E-state index contributed by atoms with van der Waals surface area (Å²) in [5, 5.41) is 0. The zero-order valence-corrected chi connectivity index (χ0v) is 12.9. The molecule has 1 saturated carbocycles. The molecule has 21 heavy (non-hydrogen) atoms. The lowest BCUT2D eigenvalue weighted by Gasteiger charge is -2.22. The van der Waals surface area contributed by atoms with E-state index in [1.165, 1.54) is 37.7 Å². The highest BCUT2D eigenvalue weighted by Gasteiger charge is 2.15. The van der Waals surface area contributed by atoms with Crippen molar-refractivity contribution in [2.45, 2.75) is 44.6 Å². The Morgan fingerprint density at radius 3 is 2.48 bits per heavy atom. The minimum absolute atomic E-state index is 0. The number of carbonyl (C=O) groups is 1. The Hall–Kier alpha value is -1.61. The molecule has 1 aliphatic carbocycles. The van der Waals surface area contributed by atoms with Crippen molar-refractivity contribution in [1.29, 1.82) is 0 Å². The predicted octanol–water partition coefficient (Wildman–Crippen LogP) is 4.24. The van der Waals surface area contributed by atoms with Crippen LogP contribution in [0.4, 0.5) is 0 Å². The lowest BCUT2D eigenvalue weighted by Crippen LogP contribution is -2.09. The van der Waals surface area contributed by atoms with Gasteiger partial charge in [-0.2, -0.15) is 0 Å². The van der Waals surface area contributed by atoms with Gasteiger partial charge in [0.25, 0.3) is 0 Å². The van der Waals surface area contributed by atoms with E-state index in [1.54, 1.807) is 17.1 Å². The van der Waals surface area contributed by atoms with Crippen LogP contribution in [0.5, 0.6) is 0 Å². The van der Waals surface area contributed by atoms with E-state index in [0.29, 0.717) is 12.5 Å². The van der Waals surface area contributed by atoms with Crippen LogP contribution >= 0.6 is 12.4 Å². The van der Waals surface area contributed by atoms with Crippen molar-refractivity contribution in [3.05, 3.63) is 54.1 Å². The second kappa shape index (κ2) is 7.41. The molecule has 1 aromatic heterocycles. The van der Waals surface area contributed by atoms with E-state index in [4.69, 9.17) is 0 Å². The number of rotatable bonds is 4. The van der Waals surface area contributed by atoms with Gasteiger partial charge in [0.1, 0.15) is 0 Å². The quantitative estimate of drug-likeness (QED) is 0.792. The van der Waals surface area contributed by atoms with Crippen LogP contribution < -0.4 is 0 Å². The van der Waals surface area contributed by atoms with Crippen LogP contribution in [0.3, 0.4) is 0 Å². The van der Waals surface area contributed by atoms with E-state index in [9.17, 15) is 4.79 Å². The third-order valence-electron chi connectivity index (χ3n) is 4.19. The van der Waals surface area contributed by atoms with Crippen molar-refractivity contribution in [3.63, 3.8) is 0 Å². The van der Waals surface area contributed by atoms with Gasteiger partial charge in [0.15, 0.2) is 5.78 Å². The summed E-state index contributed by atoms with van der Waals surface area (Å²) in [5.74, 6) is 0.833. The molecule has 1 aliphatic rings. The number of ketones is 1. The number of carbonyl (C=O) groups excluding carboxylic acids is 1. The van der Waals surface area contributed by atoms with Crippen molar-refractivity contribution < 1.29 is 4.79 Å². The zero-order chi connectivity index (χ0) is 13.8. The zero-order valence-electron chi connectivity index (χ0n) is 12.1. The van der Waals surface area contributed by atoms with Gasteiger partial charge in [-0.15, -0.1) is 12.4 Å². The van der Waals surface area contributed by atoms with Crippen LogP contribution in [-0.2, 0) is 6.54 Å². The van der Waals surface area contributed by atoms with E-state index in [2.05, 4.69) is 17.1 Å². The maximum absolute atomic E-state index is 12.2. The minimum atomic E-state index is 0. The van der Waals surface area contributed by atoms with Gasteiger partial charge in [-0.05, 0) is 24.3 Å². The van der Waals surface area contributed by atoms with Gasteiger partial charge in [-0.1, -0.05) is 43.5 Å². The fraction of sp³-hybridized carbons (Fsp3) is 0.412. The Labute approximate surface area is 131 Å². The average Bonchev–Trinajstić information content (AvgIpc) is 3.01. The number of aromatic nitrogens is 2. The van der Waals surface area contributed by atoms with E-state index in [1.807, 2.05) is 18.3 Å². The highest BCUT2D eigenvalue weighted by atomic mass is 35.5. The molecule has 0 aliphatic heterocycles. The first-order valence-electron chi connectivity index (χ1n) is 7.42. The third kappa shape index (κ3) is 3.94. The number of hydrogen-bond donors (Lipinski definition) is 0. The Morgan fingerprint density at radius 2 is 1.86 bits per heavy atom. The fourth-order valence-corrected chi connectivity index (χ4v) is 3.01. The molecule has 4 heteroatoms. The Kier molecular flexibility index (Phi) is 5.57. The molecule has 0 saturated heterocycles. The van der Waals surface area contributed by atoms with Crippen molar-refractivity contribution in [2.75, 3.05) is 0 Å². The molecule has 1 heterocycles. The first-order chi connectivity index (χ1) is 9.83. The van der Waals surface area contributed by atoms with Gasteiger partial charge in [0.2, 0.25) is 0 Å². The van der Waals surface area contributed by atoms with Crippen molar-refractivity contribution in [3.8, 4) is 0 Å². The molecule has 0 radical (unpaired) electrons. The maximum atomic E-state index is 12.2. The molecule has 112 valence electrons. The van der Waals surface area contributed by atoms with Gasteiger partial charge < -0.3 is 4.57 Å². The Bertz CT molecular complexity index is 557. The summed E-state index contributed by atoms with van der Waals surface area (Å²) < 4.78 is 1.80. The summed E-state index contributed by atoms with van der Waals surface area (Å²) in [6, 6.07) is 8.22. The van der Waals surface area contributed by atoms with Crippen LogP contribution in [0.2, 0.25) is 0 Å². The van der Waals surface area contributed by atoms with E-state index < -0.39 is 0 Å². The van der Waals surface area contributed by atoms with Gasteiger partial charge in [-0.3, -0.25) is 4.79 Å². The smallest absolute Gasteiger partial charge is 0.182 e. The summed E-state index contributed by atoms with van der Waals surface area (Å²) in [6.07, 6.45) is 11.8. The molecular formula is C17H21ClN2O. The number of Topliss-reactive ketones (excluding diaryl/α,β-unsaturated/α-hetero) is 1.